The van der Waals surface area contributed by atoms with Gasteiger partial charge in [-0.1, -0.05) is 0 Å². The summed E-state index contributed by atoms with van der Waals surface area (Å²) in [6.07, 6.45) is 4.19. The molecule has 0 spiro atoms. The van der Waals surface area contributed by atoms with Gasteiger partial charge in [0.25, 0.3) is 0 Å². The lowest BCUT2D eigenvalue weighted by atomic mass is 10.3. The molecule has 3 atom stereocenters. The zero-order chi connectivity index (χ0) is 11.4. The third-order valence-corrected chi connectivity index (χ3v) is 4.49. The summed E-state index contributed by atoms with van der Waals surface area (Å²) in [6, 6.07) is 0.598. The fourth-order valence-electron chi connectivity index (χ4n) is 1.91. The molecule has 1 aliphatic carbocycles. The Kier molecular flexibility index (Phi) is 4.76. The molecule has 0 aromatic heterocycles. The Hall–Kier alpha value is 0.0300. The molecule has 2 N–H and O–H groups in total. The Morgan fingerprint density at radius 1 is 1.44 bits per heavy atom. The molecule has 0 amide bonds. The SMILES string of the molecule is O=S(CC(O)CNC1CC1)CC1CCCO1. The van der Waals surface area contributed by atoms with E-state index in [1.165, 1.54) is 12.8 Å². The highest BCUT2D eigenvalue weighted by Gasteiger charge is 2.23. The van der Waals surface area contributed by atoms with Crippen LogP contribution in [0.3, 0.4) is 0 Å². The summed E-state index contributed by atoms with van der Waals surface area (Å²) in [5.41, 5.74) is 0. The van der Waals surface area contributed by atoms with Gasteiger partial charge in [0, 0.05) is 35.7 Å². The molecular weight excluding hydrogens is 226 g/mol. The minimum Gasteiger partial charge on any atom is -0.391 e. The molecule has 1 saturated heterocycles. The van der Waals surface area contributed by atoms with Crippen molar-refractivity contribution in [3.63, 3.8) is 0 Å². The van der Waals surface area contributed by atoms with E-state index < -0.39 is 16.9 Å². The number of aliphatic hydroxyl groups excluding tert-OH is 1. The van der Waals surface area contributed by atoms with Crippen LogP contribution in [-0.2, 0) is 15.5 Å². The minimum atomic E-state index is -0.949. The molecule has 3 unspecified atom stereocenters. The molecule has 0 aromatic rings. The van der Waals surface area contributed by atoms with Crippen molar-refractivity contribution >= 4 is 10.8 Å². The Bertz CT molecular complexity index is 239. The normalized spacial score (nSPS) is 29.2. The van der Waals surface area contributed by atoms with Crippen LogP contribution in [0.1, 0.15) is 25.7 Å². The third kappa shape index (κ3) is 4.49. The first-order valence-corrected chi connectivity index (χ1v) is 7.61. The predicted octanol–water partition coefficient (Wildman–Crippen LogP) is 0.0270. The van der Waals surface area contributed by atoms with E-state index in [0.717, 1.165) is 19.4 Å². The standard InChI is InChI=1S/C11H21NO3S/c13-10(6-12-9-3-4-9)7-16(14)8-11-2-1-5-15-11/h9-13H,1-8H2. The zero-order valence-electron chi connectivity index (χ0n) is 9.56. The molecular formula is C11H21NO3S. The largest absolute Gasteiger partial charge is 0.391 e. The smallest absolute Gasteiger partial charge is 0.0779 e. The van der Waals surface area contributed by atoms with E-state index in [4.69, 9.17) is 4.74 Å². The van der Waals surface area contributed by atoms with Crippen LogP contribution in [0.15, 0.2) is 0 Å². The molecule has 0 bridgehead atoms. The molecule has 1 aliphatic heterocycles. The Balaban J connectivity index is 1.57. The van der Waals surface area contributed by atoms with Crippen molar-refractivity contribution in [3.8, 4) is 0 Å². The first-order valence-electron chi connectivity index (χ1n) is 6.12. The van der Waals surface area contributed by atoms with Gasteiger partial charge in [0.05, 0.1) is 18.0 Å². The molecule has 16 heavy (non-hydrogen) atoms. The van der Waals surface area contributed by atoms with Crippen molar-refractivity contribution in [2.24, 2.45) is 0 Å². The van der Waals surface area contributed by atoms with Crippen molar-refractivity contribution in [2.45, 2.75) is 43.9 Å². The van der Waals surface area contributed by atoms with E-state index in [0.29, 0.717) is 24.1 Å². The molecule has 2 aliphatic rings. The van der Waals surface area contributed by atoms with Crippen LogP contribution in [0.2, 0.25) is 0 Å². The highest BCUT2D eigenvalue weighted by molar-refractivity contribution is 7.85. The number of hydrogen-bond acceptors (Lipinski definition) is 4. The van der Waals surface area contributed by atoms with Gasteiger partial charge in [-0.2, -0.15) is 0 Å². The number of aliphatic hydroxyl groups is 1. The van der Waals surface area contributed by atoms with Gasteiger partial charge in [-0.3, -0.25) is 4.21 Å². The molecule has 4 nitrogen and oxygen atoms in total. The number of ether oxygens (including phenoxy) is 1. The quantitative estimate of drug-likeness (QED) is 0.666. The zero-order valence-corrected chi connectivity index (χ0v) is 10.4. The maximum absolute atomic E-state index is 11.7. The van der Waals surface area contributed by atoms with Crippen molar-refractivity contribution in [3.05, 3.63) is 0 Å². The van der Waals surface area contributed by atoms with Gasteiger partial charge in [-0.25, -0.2) is 0 Å². The molecule has 0 aromatic carbocycles. The molecule has 2 rings (SSSR count). The molecule has 1 heterocycles. The maximum Gasteiger partial charge on any atom is 0.0779 e. The van der Waals surface area contributed by atoms with E-state index in [2.05, 4.69) is 5.32 Å². The van der Waals surface area contributed by atoms with Crippen LogP contribution < -0.4 is 5.32 Å². The molecule has 94 valence electrons. The summed E-state index contributed by atoms with van der Waals surface area (Å²) in [4.78, 5) is 0. The van der Waals surface area contributed by atoms with Gasteiger partial charge in [-0.15, -0.1) is 0 Å². The first kappa shape index (κ1) is 12.5. The summed E-state index contributed by atoms with van der Waals surface area (Å²) in [5.74, 6) is 0.958. The summed E-state index contributed by atoms with van der Waals surface area (Å²) in [5, 5.41) is 12.9. The van der Waals surface area contributed by atoms with E-state index >= 15 is 0 Å². The second-order valence-electron chi connectivity index (χ2n) is 4.74. The van der Waals surface area contributed by atoms with Gasteiger partial charge < -0.3 is 15.2 Å². The summed E-state index contributed by atoms with van der Waals surface area (Å²) in [6.45, 7) is 1.37. The maximum atomic E-state index is 11.7. The number of nitrogens with one attached hydrogen (secondary N) is 1. The second-order valence-corrected chi connectivity index (χ2v) is 6.29. The number of hydrogen-bond donors (Lipinski definition) is 2. The molecule has 1 saturated carbocycles. The van der Waals surface area contributed by atoms with E-state index in [1.54, 1.807) is 0 Å². The van der Waals surface area contributed by atoms with E-state index in [9.17, 15) is 9.32 Å². The molecule has 5 heteroatoms. The molecule has 2 fully saturated rings. The van der Waals surface area contributed by atoms with Gasteiger partial charge in [0.2, 0.25) is 0 Å². The lowest BCUT2D eigenvalue weighted by Crippen LogP contribution is -2.33. The van der Waals surface area contributed by atoms with Crippen LogP contribution in [0.25, 0.3) is 0 Å². The van der Waals surface area contributed by atoms with Crippen molar-refractivity contribution < 1.29 is 14.1 Å². The summed E-state index contributed by atoms with van der Waals surface area (Å²) in [7, 11) is -0.949. The van der Waals surface area contributed by atoms with Crippen molar-refractivity contribution in [1.29, 1.82) is 0 Å². The molecule has 0 radical (unpaired) electrons. The van der Waals surface area contributed by atoms with E-state index in [1.807, 2.05) is 0 Å². The lowest BCUT2D eigenvalue weighted by molar-refractivity contribution is 0.128. The van der Waals surface area contributed by atoms with Crippen molar-refractivity contribution in [2.75, 3.05) is 24.7 Å². The average Bonchev–Trinajstić information content (AvgIpc) is 2.94. The lowest BCUT2D eigenvalue weighted by Gasteiger charge is -2.13. The topological polar surface area (TPSA) is 58.6 Å². The highest BCUT2D eigenvalue weighted by Crippen LogP contribution is 2.18. The number of rotatable bonds is 7. The highest BCUT2D eigenvalue weighted by atomic mass is 32.2. The van der Waals surface area contributed by atoms with Crippen LogP contribution >= 0.6 is 0 Å². The van der Waals surface area contributed by atoms with Gasteiger partial charge in [-0.05, 0) is 25.7 Å². The van der Waals surface area contributed by atoms with E-state index in [-0.39, 0.29) is 6.10 Å². The summed E-state index contributed by atoms with van der Waals surface area (Å²) < 4.78 is 17.1. The summed E-state index contributed by atoms with van der Waals surface area (Å²) >= 11 is 0. The Labute approximate surface area is 99.2 Å². The van der Waals surface area contributed by atoms with Crippen molar-refractivity contribution in [1.82, 2.24) is 5.32 Å². The predicted molar refractivity (Wildman–Crippen MR) is 63.9 cm³/mol. The fraction of sp³-hybridized carbons (Fsp3) is 1.00. The monoisotopic (exact) mass is 247 g/mol. The van der Waals surface area contributed by atoms with Gasteiger partial charge in [0.1, 0.15) is 0 Å². The minimum absolute atomic E-state index is 0.157. The average molecular weight is 247 g/mol. The van der Waals surface area contributed by atoms with Crippen LogP contribution in [-0.4, -0.2) is 52.2 Å². The Morgan fingerprint density at radius 3 is 2.88 bits per heavy atom. The van der Waals surface area contributed by atoms with Crippen LogP contribution in [0, 0.1) is 0 Å². The second kappa shape index (κ2) is 6.10. The van der Waals surface area contributed by atoms with Gasteiger partial charge >= 0.3 is 0 Å². The first-order chi connectivity index (χ1) is 7.74. The third-order valence-electron chi connectivity index (χ3n) is 2.99. The van der Waals surface area contributed by atoms with Crippen LogP contribution in [0.4, 0.5) is 0 Å². The Morgan fingerprint density at radius 2 is 2.25 bits per heavy atom. The van der Waals surface area contributed by atoms with Crippen LogP contribution in [0.5, 0.6) is 0 Å². The van der Waals surface area contributed by atoms with Gasteiger partial charge in [0.15, 0.2) is 0 Å². The fourth-order valence-corrected chi connectivity index (χ4v) is 3.28.